The van der Waals surface area contributed by atoms with Crippen molar-refractivity contribution in [1.29, 1.82) is 0 Å². The largest absolute Gasteiger partial charge is 0.256 e. The molecule has 2 aromatic heterocycles. The summed E-state index contributed by atoms with van der Waals surface area (Å²) in [6, 6.07) is 46.1. The Kier molecular flexibility index (Phi) is 6.45. The molecule has 0 aliphatic carbocycles. The van der Waals surface area contributed by atoms with Crippen molar-refractivity contribution in [1.82, 2.24) is 9.97 Å². The molecule has 7 rings (SSSR count). The Morgan fingerprint density at radius 3 is 1.27 bits per heavy atom. The van der Waals surface area contributed by atoms with Gasteiger partial charge in [-0.05, 0) is 68.1 Å². The third-order valence-corrected chi connectivity index (χ3v) is 14.2. The number of rotatable bonds is 6. The van der Waals surface area contributed by atoms with E-state index in [0.29, 0.717) is 0 Å². The fourth-order valence-corrected chi connectivity index (χ4v) is 12.1. The summed E-state index contributed by atoms with van der Waals surface area (Å²) < 4.78 is 0. The summed E-state index contributed by atoms with van der Waals surface area (Å²) in [6.45, 7) is 4.83. The van der Waals surface area contributed by atoms with E-state index in [4.69, 9.17) is 9.97 Å². The molecule has 0 spiro atoms. The second kappa shape index (κ2) is 10.4. The van der Waals surface area contributed by atoms with Crippen LogP contribution >= 0.6 is 0 Å². The zero-order valence-electron chi connectivity index (χ0n) is 23.5. The lowest BCUT2D eigenvalue weighted by molar-refractivity contribution is 1.30. The highest BCUT2D eigenvalue weighted by atomic mass is 28.3. The van der Waals surface area contributed by atoms with Crippen LogP contribution < -0.4 is 0 Å². The van der Waals surface area contributed by atoms with Crippen LogP contribution in [0, 0.1) is 0 Å². The van der Waals surface area contributed by atoms with Crippen molar-refractivity contribution in [2.45, 2.75) is 25.9 Å². The monoisotopic (exact) mass is 544 g/mol. The van der Waals surface area contributed by atoms with Gasteiger partial charge in [0, 0.05) is 23.2 Å². The van der Waals surface area contributed by atoms with E-state index in [2.05, 4.69) is 135 Å². The molecule has 0 unspecified atom stereocenters. The molecule has 0 saturated heterocycles. The van der Waals surface area contributed by atoms with E-state index < -0.39 is 8.07 Å². The van der Waals surface area contributed by atoms with Gasteiger partial charge in [0.1, 0.15) is 8.07 Å². The third-order valence-electron chi connectivity index (χ3n) is 8.88. The first-order valence-corrected chi connectivity index (χ1v) is 17.0. The van der Waals surface area contributed by atoms with Crippen LogP contribution in [0.25, 0.3) is 43.3 Å². The molecule has 2 nitrogen and oxygen atoms in total. The summed E-state index contributed by atoms with van der Waals surface area (Å²) in [7, 11) is -2.34. The Morgan fingerprint density at radius 1 is 0.463 bits per heavy atom. The number of pyridine rings is 2. The van der Waals surface area contributed by atoms with Gasteiger partial charge in [0.2, 0.25) is 0 Å². The Hall–Kier alpha value is -4.60. The summed E-state index contributed by atoms with van der Waals surface area (Å²) in [5, 5.41) is 5.51. The average molecular weight is 545 g/mol. The summed E-state index contributed by atoms with van der Waals surface area (Å²) in [6.07, 6.45) is 4.00. The van der Waals surface area contributed by atoms with Gasteiger partial charge in [-0.3, -0.25) is 9.97 Å². The van der Waals surface area contributed by atoms with Crippen LogP contribution in [0.3, 0.4) is 0 Å². The molecular weight excluding hydrogens is 513 g/mol. The summed E-state index contributed by atoms with van der Waals surface area (Å²) in [4.78, 5) is 9.55. The van der Waals surface area contributed by atoms with Gasteiger partial charge in [-0.2, -0.15) is 0 Å². The van der Waals surface area contributed by atoms with E-state index in [1.807, 2.05) is 12.4 Å². The molecule has 3 heteroatoms. The predicted octanol–water partition coefficient (Wildman–Crippen LogP) is 9.89. The molecule has 6 aromatic rings. The lowest BCUT2D eigenvalue weighted by atomic mass is 9.88. The standard InChI is InChI=1S/C38H32N2Si/c1-3-41(4-2)37(31-23-25-39-33-21-13-11-19-29(31)33)35(27-15-7-5-8-16-27)36(28-17-9-6-10-18-28)38(41)32-24-26-40-34-22-14-12-20-30(32)34/h5-26H,3-4H2,1-2H3. The summed E-state index contributed by atoms with van der Waals surface area (Å²) >= 11 is 0. The molecule has 0 saturated carbocycles. The Labute approximate surface area is 242 Å². The van der Waals surface area contributed by atoms with Gasteiger partial charge >= 0.3 is 0 Å². The molecule has 0 amide bonds. The lowest BCUT2D eigenvalue weighted by Crippen LogP contribution is -2.35. The van der Waals surface area contributed by atoms with Gasteiger partial charge in [-0.15, -0.1) is 0 Å². The normalized spacial score (nSPS) is 14.8. The molecule has 0 fully saturated rings. The van der Waals surface area contributed by atoms with E-state index >= 15 is 0 Å². The molecule has 41 heavy (non-hydrogen) atoms. The molecule has 3 heterocycles. The minimum Gasteiger partial charge on any atom is -0.256 e. The molecule has 1 aliphatic rings. The van der Waals surface area contributed by atoms with Crippen molar-refractivity contribution >= 4 is 51.4 Å². The first-order chi connectivity index (χ1) is 20.3. The molecule has 0 N–H and O–H groups in total. The maximum atomic E-state index is 4.78. The predicted molar refractivity (Wildman–Crippen MR) is 177 cm³/mol. The average Bonchev–Trinajstić information content (AvgIpc) is 3.36. The minimum absolute atomic E-state index is 1.05. The van der Waals surface area contributed by atoms with Crippen molar-refractivity contribution < 1.29 is 0 Å². The first-order valence-electron chi connectivity index (χ1n) is 14.6. The number of hydrogen-bond acceptors (Lipinski definition) is 2. The van der Waals surface area contributed by atoms with Gasteiger partial charge < -0.3 is 0 Å². The molecule has 198 valence electrons. The Balaban J connectivity index is 1.70. The van der Waals surface area contributed by atoms with Crippen LogP contribution in [0.4, 0.5) is 0 Å². The number of nitrogens with zero attached hydrogens (tertiary/aromatic N) is 2. The van der Waals surface area contributed by atoms with Gasteiger partial charge in [-0.25, -0.2) is 0 Å². The van der Waals surface area contributed by atoms with E-state index in [1.54, 1.807) is 0 Å². The highest BCUT2D eigenvalue weighted by Gasteiger charge is 2.48. The summed E-state index contributed by atoms with van der Waals surface area (Å²) in [5.41, 5.74) is 10.0. The second-order valence-electron chi connectivity index (χ2n) is 10.8. The van der Waals surface area contributed by atoms with E-state index in [1.165, 1.54) is 54.6 Å². The SMILES string of the molecule is CC[Si]1(CC)C(c2ccnc3ccccc23)=C(c2ccccc2)C(c2ccccc2)=C1c1ccnc2ccccc12. The van der Waals surface area contributed by atoms with Gasteiger partial charge in [0.05, 0.1) is 11.0 Å². The van der Waals surface area contributed by atoms with Crippen molar-refractivity contribution in [2.75, 3.05) is 0 Å². The highest BCUT2D eigenvalue weighted by Crippen LogP contribution is 2.59. The number of fused-ring (bicyclic) bond motifs is 2. The molecule has 0 bridgehead atoms. The van der Waals surface area contributed by atoms with Gasteiger partial charge in [0.15, 0.2) is 0 Å². The topological polar surface area (TPSA) is 25.8 Å². The lowest BCUT2D eigenvalue weighted by Gasteiger charge is -2.33. The zero-order valence-corrected chi connectivity index (χ0v) is 24.5. The second-order valence-corrected chi connectivity index (χ2v) is 15.4. The van der Waals surface area contributed by atoms with Crippen LogP contribution in [0.5, 0.6) is 0 Å². The highest BCUT2D eigenvalue weighted by molar-refractivity contribution is 7.14. The van der Waals surface area contributed by atoms with Crippen LogP contribution in [-0.2, 0) is 0 Å². The van der Waals surface area contributed by atoms with Gasteiger partial charge in [0.25, 0.3) is 0 Å². The van der Waals surface area contributed by atoms with E-state index in [0.717, 1.165) is 23.1 Å². The van der Waals surface area contributed by atoms with Crippen molar-refractivity contribution in [2.24, 2.45) is 0 Å². The zero-order chi connectivity index (χ0) is 27.8. The molecule has 0 atom stereocenters. The summed E-state index contributed by atoms with van der Waals surface area (Å²) in [5.74, 6) is 0. The van der Waals surface area contributed by atoms with Crippen molar-refractivity contribution in [3.8, 4) is 0 Å². The van der Waals surface area contributed by atoms with Crippen LogP contribution in [0.1, 0.15) is 36.1 Å². The van der Waals surface area contributed by atoms with Crippen molar-refractivity contribution in [3.05, 3.63) is 156 Å². The Morgan fingerprint density at radius 2 is 0.854 bits per heavy atom. The molecular formula is C38H32N2Si. The number of para-hydroxylation sites is 2. The quantitative estimate of drug-likeness (QED) is 0.195. The minimum atomic E-state index is -2.34. The number of benzene rings is 4. The van der Waals surface area contributed by atoms with Crippen LogP contribution in [0.15, 0.2) is 134 Å². The smallest absolute Gasteiger partial charge is 0.120 e. The van der Waals surface area contributed by atoms with Crippen molar-refractivity contribution in [3.63, 3.8) is 0 Å². The maximum Gasteiger partial charge on any atom is 0.120 e. The van der Waals surface area contributed by atoms with Crippen LogP contribution in [0.2, 0.25) is 12.1 Å². The van der Waals surface area contributed by atoms with E-state index in [9.17, 15) is 0 Å². The molecule has 0 radical (unpaired) electrons. The maximum absolute atomic E-state index is 4.78. The van der Waals surface area contributed by atoms with E-state index in [-0.39, 0.29) is 0 Å². The van der Waals surface area contributed by atoms with Gasteiger partial charge in [-0.1, -0.05) is 123 Å². The third kappa shape index (κ3) is 4.00. The number of allylic oxidation sites excluding steroid dienone is 2. The fourth-order valence-electron chi connectivity index (χ4n) is 7.01. The number of hydrogen-bond donors (Lipinski definition) is 0. The molecule has 1 aliphatic heterocycles. The fraction of sp³-hybridized carbons (Fsp3) is 0.105. The Bertz CT molecular complexity index is 1800. The first kappa shape index (κ1) is 25.4. The van der Waals surface area contributed by atoms with Crippen LogP contribution in [-0.4, -0.2) is 18.0 Å². The number of aromatic nitrogens is 2. The molecule has 4 aromatic carbocycles.